The van der Waals surface area contributed by atoms with Gasteiger partial charge in [-0.25, -0.2) is 13.4 Å². The number of amides is 1. The Labute approximate surface area is 174 Å². The number of rotatable bonds is 4. The summed E-state index contributed by atoms with van der Waals surface area (Å²) in [5.41, 5.74) is 1.07. The number of anilines is 1. The first kappa shape index (κ1) is 19.8. The van der Waals surface area contributed by atoms with Crippen molar-refractivity contribution in [3.63, 3.8) is 0 Å². The normalized spacial score (nSPS) is 22.8. The van der Waals surface area contributed by atoms with Crippen LogP contribution in [0, 0.1) is 5.92 Å². The van der Waals surface area contributed by atoms with Crippen LogP contribution < -0.4 is 5.32 Å². The van der Waals surface area contributed by atoms with Gasteiger partial charge in [0.2, 0.25) is 15.9 Å². The zero-order chi connectivity index (χ0) is 19.9. The number of hydrogen-bond donors (Lipinski definition) is 1. The van der Waals surface area contributed by atoms with Gasteiger partial charge in [-0.3, -0.25) is 4.79 Å². The summed E-state index contributed by atoms with van der Waals surface area (Å²) >= 11 is 7.37. The van der Waals surface area contributed by atoms with E-state index >= 15 is 0 Å². The summed E-state index contributed by atoms with van der Waals surface area (Å²) < 4.78 is 27.3. The summed E-state index contributed by atoms with van der Waals surface area (Å²) in [6.07, 6.45) is 4.18. The van der Waals surface area contributed by atoms with Gasteiger partial charge in [0.05, 0.1) is 10.6 Å². The number of benzene rings is 1. The first-order valence-corrected chi connectivity index (χ1v) is 12.0. The van der Waals surface area contributed by atoms with Crippen molar-refractivity contribution in [1.82, 2.24) is 9.29 Å². The summed E-state index contributed by atoms with van der Waals surface area (Å²) in [7, 11) is -3.75. The number of nitrogens with one attached hydrogen (secondary N) is 1. The number of nitrogens with zero attached hydrogens (tertiary/aromatic N) is 2. The van der Waals surface area contributed by atoms with Gasteiger partial charge in [0.25, 0.3) is 0 Å². The van der Waals surface area contributed by atoms with E-state index in [-0.39, 0.29) is 10.8 Å². The van der Waals surface area contributed by atoms with Crippen LogP contribution in [0.2, 0.25) is 5.02 Å². The number of aromatic nitrogens is 1. The fourth-order valence-corrected chi connectivity index (χ4v) is 6.77. The molecule has 2 atom stereocenters. The van der Waals surface area contributed by atoms with Gasteiger partial charge in [-0.15, -0.1) is 11.3 Å². The maximum Gasteiger partial charge on any atom is 0.244 e. The molecule has 0 spiro atoms. The minimum absolute atomic E-state index is 0.148. The van der Waals surface area contributed by atoms with Crippen LogP contribution in [0.4, 0.5) is 5.13 Å². The molecule has 4 rings (SSSR count). The number of sulfonamides is 1. The lowest BCUT2D eigenvalue weighted by atomic mass is 9.93. The number of carbonyl (C=O) groups excluding carboxylic acids is 1. The molecule has 0 saturated carbocycles. The quantitative estimate of drug-likeness (QED) is 0.787. The lowest BCUT2D eigenvalue weighted by molar-refractivity contribution is -0.119. The van der Waals surface area contributed by atoms with E-state index in [9.17, 15) is 13.2 Å². The van der Waals surface area contributed by atoms with Gasteiger partial charge >= 0.3 is 0 Å². The Hall–Kier alpha value is -1.48. The number of halogens is 1. The molecule has 1 aliphatic carbocycles. The molecule has 1 amide bonds. The van der Waals surface area contributed by atoms with E-state index in [0.29, 0.717) is 35.5 Å². The third-order valence-electron chi connectivity index (χ3n) is 5.34. The molecule has 9 heteroatoms. The Morgan fingerprint density at radius 3 is 2.79 bits per heavy atom. The SMILES string of the molecule is CC1CCc2nc(NC(=O)C3CCCN3S(=O)(=O)c3ccc(Cl)cc3)sc2C1. The first-order valence-electron chi connectivity index (χ1n) is 9.41. The second kappa shape index (κ2) is 7.74. The summed E-state index contributed by atoms with van der Waals surface area (Å²) in [5, 5.41) is 3.90. The largest absolute Gasteiger partial charge is 0.301 e. The monoisotopic (exact) mass is 439 g/mol. The standard InChI is InChI=1S/C19H22ClN3O3S2/c1-12-4-9-15-17(11-12)27-19(21-15)22-18(24)16-3-2-10-23(16)28(25,26)14-7-5-13(20)6-8-14/h5-8,12,16H,2-4,9-11H2,1H3,(H,21,22,24). The Balaban J connectivity index is 1.52. The fourth-order valence-electron chi connectivity index (χ4n) is 3.81. The minimum atomic E-state index is -3.75. The molecule has 28 heavy (non-hydrogen) atoms. The summed E-state index contributed by atoms with van der Waals surface area (Å²) in [6.45, 7) is 2.55. The highest BCUT2D eigenvalue weighted by Gasteiger charge is 2.39. The zero-order valence-electron chi connectivity index (χ0n) is 15.5. The van der Waals surface area contributed by atoms with Crippen molar-refractivity contribution in [2.45, 2.75) is 50.0 Å². The van der Waals surface area contributed by atoms with Crippen molar-refractivity contribution in [2.75, 3.05) is 11.9 Å². The molecule has 2 aromatic rings. The molecule has 0 radical (unpaired) electrons. The lowest BCUT2D eigenvalue weighted by Gasteiger charge is -2.23. The van der Waals surface area contributed by atoms with E-state index in [0.717, 1.165) is 25.0 Å². The molecule has 1 fully saturated rings. The van der Waals surface area contributed by atoms with Crippen LogP contribution in [-0.4, -0.2) is 36.2 Å². The van der Waals surface area contributed by atoms with Gasteiger partial charge in [0.15, 0.2) is 5.13 Å². The second-order valence-corrected chi connectivity index (χ2v) is 10.9. The topological polar surface area (TPSA) is 79.4 Å². The highest BCUT2D eigenvalue weighted by Crippen LogP contribution is 2.33. The molecule has 6 nitrogen and oxygen atoms in total. The number of carbonyl (C=O) groups is 1. The van der Waals surface area contributed by atoms with Gasteiger partial charge in [0, 0.05) is 16.4 Å². The third-order valence-corrected chi connectivity index (χ3v) is 8.55. The summed E-state index contributed by atoms with van der Waals surface area (Å²) in [5.74, 6) is 0.320. The molecule has 2 unspecified atom stereocenters. The van der Waals surface area contributed by atoms with Crippen LogP contribution >= 0.6 is 22.9 Å². The number of aryl methyl sites for hydroxylation is 1. The van der Waals surface area contributed by atoms with Crippen molar-refractivity contribution >= 4 is 44.0 Å². The third kappa shape index (κ3) is 3.83. The van der Waals surface area contributed by atoms with Crippen LogP contribution in [0.3, 0.4) is 0 Å². The lowest BCUT2D eigenvalue weighted by Crippen LogP contribution is -2.43. The van der Waals surface area contributed by atoms with Crippen LogP contribution in [0.25, 0.3) is 0 Å². The average molecular weight is 440 g/mol. The fraction of sp³-hybridized carbons (Fsp3) is 0.474. The Bertz CT molecular complexity index is 988. The zero-order valence-corrected chi connectivity index (χ0v) is 17.9. The molecule has 2 aliphatic rings. The van der Waals surface area contributed by atoms with E-state index in [2.05, 4.69) is 17.2 Å². The van der Waals surface area contributed by atoms with Gasteiger partial charge < -0.3 is 5.32 Å². The smallest absolute Gasteiger partial charge is 0.244 e. The maximum atomic E-state index is 13.0. The summed E-state index contributed by atoms with van der Waals surface area (Å²) in [6, 6.07) is 5.31. The van der Waals surface area contributed by atoms with E-state index in [1.54, 1.807) is 12.1 Å². The molecule has 150 valence electrons. The molecule has 1 N–H and O–H groups in total. The van der Waals surface area contributed by atoms with Crippen molar-refractivity contribution in [3.8, 4) is 0 Å². The Morgan fingerprint density at radius 1 is 1.29 bits per heavy atom. The average Bonchev–Trinajstić information content (AvgIpc) is 3.28. The van der Waals surface area contributed by atoms with Crippen LogP contribution in [0.1, 0.15) is 36.8 Å². The number of thiazole rings is 1. The molecular weight excluding hydrogens is 418 g/mol. The van der Waals surface area contributed by atoms with Crippen molar-refractivity contribution in [3.05, 3.63) is 39.9 Å². The predicted molar refractivity (Wildman–Crippen MR) is 110 cm³/mol. The van der Waals surface area contributed by atoms with Gasteiger partial charge in [0.1, 0.15) is 6.04 Å². The van der Waals surface area contributed by atoms with Crippen molar-refractivity contribution in [2.24, 2.45) is 5.92 Å². The number of hydrogen-bond acceptors (Lipinski definition) is 5. The van der Waals surface area contributed by atoms with Crippen molar-refractivity contribution < 1.29 is 13.2 Å². The van der Waals surface area contributed by atoms with Crippen molar-refractivity contribution in [1.29, 1.82) is 0 Å². The molecular formula is C19H22ClN3O3S2. The first-order chi connectivity index (χ1) is 13.3. The van der Waals surface area contributed by atoms with Crippen LogP contribution in [0.15, 0.2) is 29.2 Å². The second-order valence-electron chi connectivity index (χ2n) is 7.45. The minimum Gasteiger partial charge on any atom is -0.301 e. The molecule has 1 saturated heterocycles. The molecule has 0 bridgehead atoms. The molecule has 1 aromatic heterocycles. The molecule has 1 aliphatic heterocycles. The van der Waals surface area contributed by atoms with Gasteiger partial charge in [-0.05, 0) is 62.3 Å². The van der Waals surface area contributed by atoms with E-state index in [4.69, 9.17) is 11.6 Å². The van der Waals surface area contributed by atoms with Crippen LogP contribution in [-0.2, 0) is 27.7 Å². The molecule has 2 heterocycles. The Morgan fingerprint density at radius 2 is 2.04 bits per heavy atom. The van der Waals surface area contributed by atoms with E-state index in [1.165, 1.54) is 32.7 Å². The Kier molecular flexibility index (Phi) is 5.48. The summed E-state index contributed by atoms with van der Waals surface area (Å²) in [4.78, 5) is 18.8. The molecule has 1 aromatic carbocycles. The maximum absolute atomic E-state index is 13.0. The van der Waals surface area contributed by atoms with E-state index in [1.807, 2.05) is 0 Å². The number of fused-ring (bicyclic) bond motifs is 1. The highest BCUT2D eigenvalue weighted by molar-refractivity contribution is 7.89. The predicted octanol–water partition coefficient (Wildman–Crippen LogP) is 3.71. The van der Waals surface area contributed by atoms with Crippen LogP contribution in [0.5, 0.6) is 0 Å². The van der Waals surface area contributed by atoms with Gasteiger partial charge in [-0.2, -0.15) is 4.31 Å². The van der Waals surface area contributed by atoms with E-state index < -0.39 is 16.1 Å². The van der Waals surface area contributed by atoms with Gasteiger partial charge in [-0.1, -0.05) is 18.5 Å². The highest BCUT2D eigenvalue weighted by atomic mass is 35.5.